The second-order valence-electron chi connectivity index (χ2n) is 5.37. The smallest absolute Gasteiger partial charge is 0.123 e. The minimum absolute atomic E-state index is 0.142. The summed E-state index contributed by atoms with van der Waals surface area (Å²) >= 11 is 0. The Morgan fingerprint density at radius 3 is 2.89 bits per heavy atom. The fraction of sp³-hybridized carbons (Fsp3) is 0.600. The molecule has 2 nitrogen and oxygen atoms in total. The summed E-state index contributed by atoms with van der Waals surface area (Å²) < 4.78 is 13.1. The van der Waals surface area contributed by atoms with Gasteiger partial charge in [-0.25, -0.2) is 4.39 Å². The predicted octanol–water partition coefficient (Wildman–Crippen LogP) is 2.71. The molecule has 1 aromatic rings. The topological polar surface area (TPSA) is 15.3 Å². The van der Waals surface area contributed by atoms with Crippen molar-refractivity contribution >= 4 is 0 Å². The van der Waals surface area contributed by atoms with E-state index >= 15 is 0 Å². The third-order valence-electron chi connectivity index (χ3n) is 3.88. The second-order valence-corrected chi connectivity index (χ2v) is 5.37. The average Bonchev–Trinajstić information content (AvgIpc) is 2.33. The molecule has 0 saturated carbocycles. The lowest BCUT2D eigenvalue weighted by atomic mass is 10.0. The highest BCUT2D eigenvalue weighted by molar-refractivity contribution is 5.26. The van der Waals surface area contributed by atoms with E-state index in [1.165, 1.54) is 5.56 Å². The summed E-state index contributed by atoms with van der Waals surface area (Å²) in [6.45, 7) is 9.48. The summed E-state index contributed by atoms with van der Waals surface area (Å²) in [5.41, 5.74) is 2.29. The van der Waals surface area contributed by atoms with Crippen molar-refractivity contribution in [2.75, 3.05) is 13.1 Å². The highest BCUT2D eigenvalue weighted by Gasteiger charge is 2.24. The molecule has 0 amide bonds. The van der Waals surface area contributed by atoms with Crippen molar-refractivity contribution in [3.8, 4) is 0 Å². The number of halogens is 1. The fourth-order valence-corrected chi connectivity index (χ4v) is 2.68. The Labute approximate surface area is 109 Å². The van der Waals surface area contributed by atoms with Gasteiger partial charge in [0.1, 0.15) is 5.82 Å². The molecule has 1 fully saturated rings. The number of nitrogens with zero attached hydrogens (tertiary/aromatic N) is 1. The van der Waals surface area contributed by atoms with Gasteiger partial charge in [0.25, 0.3) is 0 Å². The van der Waals surface area contributed by atoms with Crippen LogP contribution < -0.4 is 5.32 Å². The average molecular weight is 250 g/mol. The zero-order valence-electron chi connectivity index (χ0n) is 11.5. The van der Waals surface area contributed by atoms with E-state index in [1.807, 2.05) is 13.0 Å². The molecule has 0 aliphatic carbocycles. The van der Waals surface area contributed by atoms with Gasteiger partial charge >= 0.3 is 0 Å². The van der Waals surface area contributed by atoms with Crippen molar-refractivity contribution in [2.45, 2.75) is 45.8 Å². The molecular weight excluding hydrogens is 227 g/mol. The van der Waals surface area contributed by atoms with Crippen molar-refractivity contribution in [3.63, 3.8) is 0 Å². The van der Waals surface area contributed by atoms with Gasteiger partial charge in [0.2, 0.25) is 0 Å². The Hall–Kier alpha value is -0.930. The van der Waals surface area contributed by atoms with E-state index in [4.69, 9.17) is 0 Å². The number of rotatable bonds is 3. The lowest BCUT2D eigenvalue weighted by molar-refractivity contribution is 0.124. The van der Waals surface area contributed by atoms with Crippen LogP contribution in [0.3, 0.4) is 0 Å². The van der Waals surface area contributed by atoms with E-state index in [-0.39, 0.29) is 5.82 Å². The summed E-state index contributed by atoms with van der Waals surface area (Å²) in [6, 6.07) is 6.24. The van der Waals surface area contributed by atoms with Gasteiger partial charge in [-0.2, -0.15) is 0 Å². The third-order valence-corrected chi connectivity index (χ3v) is 3.88. The minimum Gasteiger partial charge on any atom is -0.311 e. The number of benzene rings is 1. The number of piperazine rings is 1. The minimum atomic E-state index is -0.142. The van der Waals surface area contributed by atoms with Gasteiger partial charge in [-0.15, -0.1) is 0 Å². The first-order chi connectivity index (χ1) is 8.60. The molecule has 0 spiro atoms. The van der Waals surface area contributed by atoms with Crippen LogP contribution in [0.2, 0.25) is 0 Å². The number of nitrogens with one attached hydrogen (secondary N) is 1. The lowest BCUT2D eigenvalue weighted by Gasteiger charge is -2.39. The van der Waals surface area contributed by atoms with Crippen LogP contribution in [0, 0.1) is 12.7 Å². The van der Waals surface area contributed by atoms with Gasteiger partial charge in [-0.05, 0) is 43.5 Å². The van der Waals surface area contributed by atoms with Crippen LogP contribution in [0.4, 0.5) is 4.39 Å². The summed E-state index contributed by atoms with van der Waals surface area (Å²) in [7, 11) is 0. The maximum atomic E-state index is 13.1. The molecule has 1 aliphatic rings. The normalized spacial score (nSPS) is 25.3. The van der Waals surface area contributed by atoms with Crippen molar-refractivity contribution in [2.24, 2.45) is 0 Å². The molecule has 1 heterocycles. The van der Waals surface area contributed by atoms with Crippen LogP contribution in [0.5, 0.6) is 0 Å². The Kier molecular flexibility index (Phi) is 4.36. The zero-order chi connectivity index (χ0) is 13.1. The number of hydrogen-bond donors (Lipinski definition) is 1. The molecule has 1 aromatic carbocycles. The van der Waals surface area contributed by atoms with Gasteiger partial charge in [0, 0.05) is 31.7 Å². The van der Waals surface area contributed by atoms with Crippen molar-refractivity contribution in [1.82, 2.24) is 10.2 Å². The Morgan fingerprint density at radius 1 is 1.44 bits per heavy atom. The lowest BCUT2D eigenvalue weighted by Crippen LogP contribution is -2.54. The van der Waals surface area contributed by atoms with Gasteiger partial charge < -0.3 is 5.32 Å². The van der Waals surface area contributed by atoms with Gasteiger partial charge in [0.15, 0.2) is 0 Å². The van der Waals surface area contributed by atoms with Crippen LogP contribution >= 0.6 is 0 Å². The van der Waals surface area contributed by atoms with Crippen LogP contribution in [-0.4, -0.2) is 30.1 Å². The zero-order valence-corrected chi connectivity index (χ0v) is 11.5. The van der Waals surface area contributed by atoms with E-state index in [0.29, 0.717) is 12.1 Å². The summed E-state index contributed by atoms with van der Waals surface area (Å²) in [5.74, 6) is -0.142. The first kappa shape index (κ1) is 13.5. The van der Waals surface area contributed by atoms with Crippen LogP contribution in [0.15, 0.2) is 18.2 Å². The molecule has 1 aliphatic heterocycles. The van der Waals surface area contributed by atoms with E-state index in [1.54, 1.807) is 12.1 Å². The molecule has 0 radical (unpaired) electrons. The third kappa shape index (κ3) is 3.09. The molecule has 0 bridgehead atoms. The molecule has 2 atom stereocenters. The molecule has 100 valence electrons. The molecule has 1 N–H and O–H groups in total. The highest BCUT2D eigenvalue weighted by atomic mass is 19.1. The quantitative estimate of drug-likeness (QED) is 0.887. The van der Waals surface area contributed by atoms with Gasteiger partial charge in [-0.3, -0.25) is 4.90 Å². The van der Waals surface area contributed by atoms with Gasteiger partial charge in [0.05, 0.1) is 0 Å². The van der Waals surface area contributed by atoms with E-state index in [9.17, 15) is 4.39 Å². The van der Waals surface area contributed by atoms with Crippen molar-refractivity contribution < 1.29 is 4.39 Å². The van der Waals surface area contributed by atoms with Crippen molar-refractivity contribution in [3.05, 3.63) is 35.1 Å². The molecule has 2 unspecified atom stereocenters. The first-order valence-electron chi connectivity index (χ1n) is 6.82. The van der Waals surface area contributed by atoms with Crippen LogP contribution in [0.25, 0.3) is 0 Å². The summed E-state index contributed by atoms with van der Waals surface area (Å²) in [5, 5.41) is 3.52. The standard InChI is InChI=1S/C15H23FN2/c1-4-15-8-17-12(3)9-18(15)10-13-5-6-14(16)7-11(13)2/h5-7,12,15,17H,4,8-10H2,1-3H3. The van der Waals surface area contributed by atoms with E-state index < -0.39 is 0 Å². The van der Waals surface area contributed by atoms with Crippen LogP contribution in [-0.2, 0) is 6.54 Å². The summed E-state index contributed by atoms with van der Waals surface area (Å²) in [6.07, 6.45) is 1.15. The maximum Gasteiger partial charge on any atom is 0.123 e. The second kappa shape index (κ2) is 5.81. The SMILES string of the molecule is CCC1CNC(C)CN1Cc1ccc(F)cc1C. The molecular formula is C15H23FN2. The predicted molar refractivity (Wildman–Crippen MR) is 73.1 cm³/mol. The molecule has 0 aromatic heterocycles. The highest BCUT2D eigenvalue weighted by Crippen LogP contribution is 2.18. The maximum absolute atomic E-state index is 13.1. The number of aryl methyl sites for hydroxylation is 1. The van der Waals surface area contributed by atoms with Crippen LogP contribution in [0.1, 0.15) is 31.4 Å². The molecule has 2 rings (SSSR count). The molecule has 3 heteroatoms. The van der Waals surface area contributed by atoms with E-state index in [0.717, 1.165) is 31.6 Å². The molecule has 18 heavy (non-hydrogen) atoms. The van der Waals surface area contributed by atoms with E-state index in [2.05, 4.69) is 24.1 Å². The fourth-order valence-electron chi connectivity index (χ4n) is 2.68. The Bertz CT molecular complexity index is 405. The number of hydrogen-bond acceptors (Lipinski definition) is 2. The summed E-state index contributed by atoms with van der Waals surface area (Å²) in [4.78, 5) is 2.52. The first-order valence-corrected chi connectivity index (χ1v) is 6.82. The molecule has 1 saturated heterocycles. The Morgan fingerprint density at radius 2 is 2.22 bits per heavy atom. The monoisotopic (exact) mass is 250 g/mol. The van der Waals surface area contributed by atoms with Gasteiger partial charge in [-0.1, -0.05) is 13.0 Å². The largest absolute Gasteiger partial charge is 0.311 e. The van der Waals surface area contributed by atoms with Crippen molar-refractivity contribution in [1.29, 1.82) is 0 Å². The Balaban J connectivity index is 2.10.